The van der Waals surface area contributed by atoms with Gasteiger partial charge in [0.05, 0.1) is 18.8 Å². The minimum atomic E-state index is -1.19. The van der Waals surface area contributed by atoms with Crippen LogP contribution in [0.15, 0.2) is 12.2 Å². The first kappa shape index (κ1) is 14.7. The van der Waals surface area contributed by atoms with E-state index in [1.807, 2.05) is 0 Å². The zero-order chi connectivity index (χ0) is 11.7. The van der Waals surface area contributed by atoms with Crippen molar-refractivity contribution in [1.29, 1.82) is 0 Å². The second-order valence-electron chi connectivity index (χ2n) is 2.36. The summed E-state index contributed by atoms with van der Waals surface area (Å²) >= 11 is 0. The molecule has 0 aliphatic heterocycles. The van der Waals surface area contributed by atoms with Gasteiger partial charge in [-0.05, 0) is 12.5 Å². The predicted molar refractivity (Wildman–Crippen MR) is 44.3 cm³/mol. The fourth-order valence-corrected chi connectivity index (χ4v) is 0.214. The quantitative estimate of drug-likeness (QED) is 0.581. The summed E-state index contributed by atoms with van der Waals surface area (Å²) in [6.07, 6.45) is -0.593. The van der Waals surface area contributed by atoms with Crippen molar-refractivity contribution in [3.05, 3.63) is 12.2 Å². The van der Waals surface area contributed by atoms with Gasteiger partial charge in [-0.3, -0.25) is 9.59 Å². The summed E-state index contributed by atoms with van der Waals surface area (Å²) in [5.41, 5.74) is 0.0648. The fraction of sp³-hybridized carbons (Fsp3) is 0.375. The van der Waals surface area contributed by atoms with Crippen LogP contribution in [0.5, 0.6) is 0 Å². The Morgan fingerprint density at radius 1 is 1.14 bits per heavy atom. The molecule has 0 heterocycles. The van der Waals surface area contributed by atoms with Gasteiger partial charge in [-0.1, -0.05) is 6.58 Å². The highest BCUT2D eigenvalue weighted by Gasteiger charge is 2.00. The van der Waals surface area contributed by atoms with E-state index in [9.17, 15) is 19.5 Å². The molecule has 0 spiro atoms. The monoisotopic (exact) mass is 203 g/mol. The third kappa shape index (κ3) is 16.6. The highest BCUT2D eigenvalue weighted by atomic mass is 16.4. The van der Waals surface area contributed by atoms with Crippen molar-refractivity contribution in [2.24, 2.45) is 0 Å². The van der Waals surface area contributed by atoms with Crippen LogP contribution in [-0.2, 0) is 14.4 Å². The van der Waals surface area contributed by atoms with E-state index in [4.69, 9.17) is 10.2 Å². The molecule has 0 aliphatic carbocycles. The van der Waals surface area contributed by atoms with Crippen LogP contribution in [-0.4, -0.2) is 28.1 Å². The number of hydrogen-bond acceptors (Lipinski definition) is 4. The number of aliphatic carboxylic acids is 3. The smallest absolute Gasteiger partial charge is 0.303 e. The van der Waals surface area contributed by atoms with Gasteiger partial charge in [0.2, 0.25) is 0 Å². The van der Waals surface area contributed by atoms with Gasteiger partial charge < -0.3 is 20.1 Å². The number of carboxylic acid groups (broad SMARTS) is 3. The molecule has 0 saturated carbocycles. The third-order valence-corrected chi connectivity index (χ3v) is 0.901. The molecular formula is C8H11O6-. The van der Waals surface area contributed by atoms with E-state index in [0.29, 0.717) is 0 Å². The molecule has 0 aliphatic rings. The summed E-state index contributed by atoms with van der Waals surface area (Å²) in [5.74, 6) is -3.34. The summed E-state index contributed by atoms with van der Waals surface area (Å²) in [6, 6.07) is 0. The first-order valence-corrected chi connectivity index (χ1v) is 3.57. The Balaban J connectivity index is 0. The van der Waals surface area contributed by atoms with Gasteiger partial charge in [-0.25, -0.2) is 0 Å². The van der Waals surface area contributed by atoms with Crippen molar-refractivity contribution in [3.8, 4) is 0 Å². The van der Waals surface area contributed by atoms with Crippen LogP contribution in [0, 0.1) is 0 Å². The van der Waals surface area contributed by atoms with Crippen molar-refractivity contribution in [3.63, 3.8) is 0 Å². The number of carbonyl (C=O) groups excluding carboxylic acids is 1. The molecule has 0 rings (SSSR count). The number of carboxylic acids is 3. The Morgan fingerprint density at radius 3 is 1.43 bits per heavy atom. The van der Waals surface area contributed by atoms with E-state index >= 15 is 0 Å². The Morgan fingerprint density at radius 2 is 1.36 bits per heavy atom. The van der Waals surface area contributed by atoms with Crippen LogP contribution in [0.25, 0.3) is 0 Å². The van der Waals surface area contributed by atoms with Gasteiger partial charge in [-0.15, -0.1) is 0 Å². The number of hydrogen-bond donors (Lipinski definition) is 2. The molecule has 6 heteroatoms. The molecule has 0 aromatic carbocycles. The Kier molecular flexibility index (Phi) is 8.15. The van der Waals surface area contributed by atoms with Crippen molar-refractivity contribution in [2.45, 2.75) is 19.8 Å². The average Bonchev–Trinajstić information content (AvgIpc) is 2.01. The number of carbonyl (C=O) groups is 3. The molecule has 0 fully saturated rings. The molecular weight excluding hydrogens is 192 g/mol. The second kappa shape index (κ2) is 7.78. The summed E-state index contributed by atoms with van der Waals surface area (Å²) in [6.45, 7) is 4.48. The summed E-state index contributed by atoms with van der Waals surface area (Å²) in [4.78, 5) is 28.8. The molecule has 0 atom stereocenters. The van der Waals surface area contributed by atoms with E-state index < -0.39 is 17.9 Å². The van der Waals surface area contributed by atoms with E-state index in [2.05, 4.69) is 6.58 Å². The summed E-state index contributed by atoms with van der Waals surface area (Å²) < 4.78 is 0. The van der Waals surface area contributed by atoms with Gasteiger partial charge >= 0.3 is 11.9 Å². The number of rotatable bonds is 4. The van der Waals surface area contributed by atoms with Crippen LogP contribution in [0.2, 0.25) is 0 Å². The SMILES string of the molecule is C=C(C)C(=O)[O-].O=C(O)CCC(=O)O. The summed E-state index contributed by atoms with van der Waals surface area (Å²) in [5, 5.41) is 25.3. The lowest BCUT2D eigenvalue weighted by atomic mass is 10.3. The predicted octanol–water partition coefficient (Wildman–Crippen LogP) is -0.752. The standard InChI is InChI=1S/C4H6O4.C4H6O2/c5-3(6)1-2-4(7)8;1-3(2)4(5)6/h1-2H2,(H,5,6)(H,7,8);1H2,2H3,(H,5,6)/p-1. The van der Waals surface area contributed by atoms with Crippen molar-refractivity contribution >= 4 is 17.9 Å². The van der Waals surface area contributed by atoms with Gasteiger partial charge in [0.25, 0.3) is 0 Å². The van der Waals surface area contributed by atoms with Crippen LogP contribution < -0.4 is 5.11 Å². The maximum atomic E-state index is 9.64. The average molecular weight is 203 g/mol. The molecule has 0 saturated heterocycles. The first-order valence-electron chi connectivity index (χ1n) is 3.57. The minimum Gasteiger partial charge on any atom is -0.545 e. The van der Waals surface area contributed by atoms with Gasteiger partial charge in [0.15, 0.2) is 0 Å². The maximum absolute atomic E-state index is 9.64. The molecule has 80 valence electrons. The van der Waals surface area contributed by atoms with Crippen LogP contribution in [0.3, 0.4) is 0 Å². The normalized spacial score (nSPS) is 8.07. The van der Waals surface area contributed by atoms with Crippen LogP contribution in [0.4, 0.5) is 0 Å². The maximum Gasteiger partial charge on any atom is 0.303 e. The molecule has 2 N–H and O–H groups in total. The molecule has 14 heavy (non-hydrogen) atoms. The first-order chi connectivity index (χ1) is 6.27. The molecule has 0 radical (unpaired) electrons. The molecule has 0 aromatic rings. The lowest BCUT2D eigenvalue weighted by Crippen LogP contribution is -2.22. The zero-order valence-electron chi connectivity index (χ0n) is 7.65. The van der Waals surface area contributed by atoms with Crippen molar-refractivity contribution < 1.29 is 29.7 Å². The Labute approximate surface area is 80.5 Å². The van der Waals surface area contributed by atoms with E-state index in [1.165, 1.54) is 6.92 Å². The van der Waals surface area contributed by atoms with Gasteiger partial charge in [-0.2, -0.15) is 0 Å². The van der Waals surface area contributed by atoms with E-state index in [1.54, 1.807) is 0 Å². The van der Waals surface area contributed by atoms with E-state index in [-0.39, 0.29) is 18.4 Å². The van der Waals surface area contributed by atoms with Crippen molar-refractivity contribution in [1.82, 2.24) is 0 Å². The van der Waals surface area contributed by atoms with Crippen molar-refractivity contribution in [2.75, 3.05) is 0 Å². The van der Waals surface area contributed by atoms with Crippen LogP contribution >= 0.6 is 0 Å². The zero-order valence-corrected chi connectivity index (χ0v) is 7.65. The third-order valence-electron chi connectivity index (χ3n) is 0.901. The molecule has 0 amide bonds. The van der Waals surface area contributed by atoms with E-state index in [0.717, 1.165) is 0 Å². The highest BCUT2D eigenvalue weighted by molar-refractivity contribution is 5.82. The molecule has 0 bridgehead atoms. The lowest BCUT2D eigenvalue weighted by molar-refractivity contribution is -0.299. The molecule has 0 aromatic heterocycles. The fourth-order valence-electron chi connectivity index (χ4n) is 0.214. The van der Waals surface area contributed by atoms with Gasteiger partial charge in [0.1, 0.15) is 0 Å². The van der Waals surface area contributed by atoms with Gasteiger partial charge in [0, 0.05) is 0 Å². The Bertz CT molecular complexity index is 216. The lowest BCUT2D eigenvalue weighted by Gasteiger charge is -1.93. The van der Waals surface area contributed by atoms with Crippen LogP contribution in [0.1, 0.15) is 19.8 Å². The topological polar surface area (TPSA) is 115 Å². The highest BCUT2D eigenvalue weighted by Crippen LogP contribution is 1.86. The molecule has 6 nitrogen and oxygen atoms in total. The Hall–Kier alpha value is -1.85. The second-order valence-corrected chi connectivity index (χ2v) is 2.36. The molecule has 0 unspecified atom stereocenters. The minimum absolute atomic E-state index is 0.0648. The largest absolute Gasteiger partial charge is 0.545 e. The summed E-state index contributed by atoms with van der Waals surface area (Å²) in [7, 11) is 0.